The van der Waals surface area contributed by atoms with Crippen LogP contribution in [0.4, 0.5) is 0 Å². The lowest BCUT2D eigenvalue weighted by atomic mass is 10.1. The lowest BCUT2D eigenvalue weighted by molar-refractivity contribution is -0.123. The predicted molar refractivity (Wildman–Crippen MR) is 107 cm³/mol. The number of benzene rings is 2. The Morgan fingerprint density at radius 2 is 1.77 bits per heavy atom. The molecular formula is C18H18BrN3O3S. The fourth-order valence-corrected chi connectivity index (χ4v) is 2.41. The number of ether oxygens (including phenoxy) is 1. The first-order chi connectivity index (χ1) is 12.3. The van der Waals surface area contributed by atoms with Gasteiger partial charge in [-0.3, -0.25) is 25.8 Å². The van der Waals surface area contributed by atoms with E-state index in [2.05, 4.69) is 32.1 Å². The summed E-state index contributed by atoms with van der Waals surface area (Å²) in [6.45, 7) is 3.70. The third kappa shape index (κ3) is 6.12. The van der Waals surface area contributed by atoms with Crippen LogP contribution in [-0.2, 0) is 4.79 Å². The van der Waals surface area contributed by atoms with E-state index >= 15 is 0 Å². The molecule has 0 aliphatic carbocycles. The lowest BCUT2D eigenvalue weighted by Crippen LogP contribution is -2.49. The van der Waals surface area contributed by atoms with Crippen molar-refractivity contribution in [3.05, 3.63) is 63.6 Å². The Hall–Kier alpha value is -2.45. The number of rotatable bonds is 4. The molecule has 0 fully saturated rings. The van der Waals surface area contributed by atoms with Crippen molar-refractivity contribution in [2.24, 2.45) is 0 Å². The molecule has 2 aromatic carbocycles. The van der Waals surface area contributed by atoms with Gasteiger partial charge < -0.3 is 4.74 Å². The van der Waals surface area contributed by atoms with Crippen LogP contribution in [-0.4, -0.2) is 23.5 Å². The zero-order chi connectivity index (χ0) is 19.1. The summed E-state index contributed by atoms with van der Waals surface area (Å²) >= 11 is 8.36. The molecule has 0 saturated carbocycles. The van der Waals surface area contributed by atoms with Crippen molar-refractivity contribution in [1.82, 2.24) is 16.2 Å². The van der Waals surface area contributed by atoms with E-state index in [-0.39, 0.29) is 17.6 Å². The van der Waals surface area contributed by atoms with E-state index in [1.165, 1.54) is 0 Å². The molecule has 2 rings (SSSR count). The summed E-state index contributed by atoms with van der Waals surface area (Å²) < 4.78 is 6.17. The van der Waals surface area contributed by atoms with Crippen molar-refractivity contribution in [2.45, 2.75) is 13.8 Å². The first kappa shape index (κ1) is 19.9. The zero-order valence-corrected chi connectivity index (χ0v) is 16.7. The van der Waals surface area contributed by atoms with E-state index in [9.17, 15) is 9.59 Å². The van der Waals surface area contributed by atoms with E-state index in [1.54, 1.807) is 24.3 Å². The molecule has 26 heavy (non-hydrogen) atoms. The Balaban J connectivity index is 1.75. The number of carbonyl (C=O) groups excluding carboxylic acids is 2. The van der Waals surface area contributed by atoms with Gasteiger partial charge in [-0.15, -0.1) is 0 Å². The number of thiocarbonyl (C=S) groups is 1. The fourth-order valence-electron chi connectivity index (χ4n) is 1.89. The van der Waals surface area contributed by atoms with Crippen LogP contribution in [0, 0.1) is 13.8 Å². The largest absolute Gasteiger partial charge is 0.484 e. The Bertz CT molecular complexity index is 825. The molecule has 2 amide bonds. The minimum absolute atomic E-state index is 0.0182. The molecule has 0 radical (unpaired) electrons. The summed E-state index contributed by atoms with van der Waals surface area (Å²) in [6, 6.07) is 12.5. The van der Waals surface area contributed by atoms with Crippen LogP contribution in [0.25, 0.3) is 0 Å². The second-order valence-corrected chi connectivity index (χ2v) is 6.78. The molecule has 0 spiro atoms. The Morgan fingerprint density at radius 1 is 1.08 bits per heavy atom. The number of nitrogens with one attached hydrogen (secondary N) is 3. The van der Waals surface area contributed by atoms with Crippen molar-refractivity contribution < 1.29 is 14.3 Å². The van der Waals surface area contributed by atoms with Gasteiger partial charge in [0.1, 0.15) is 5.75 Å². The first-order valence-corrected chi connectivity index (χ1v) is 8.91. The van der Waals surface area contributed by atoms with Gasteiger partial charge in [0, 0.05) is 10.0 Å². The molecule has 0 aliphatic heterocycles. The molecule has 136 valence electrons. The molecule has 2 aromatic rings. The number of carbonyl (C=O) groups is 2. The van der Waals surface area contributed by atoms with Gasteiger partial charge in [0.15, 0.2) is 11.7 Å². The second-order valence-electron chi connectivity index (χ2n) is 5.52. The molecule has 0 heterocycles. The van der Waals surface area contributed by atoms with Crippen LogP contribution >= 0.6 is 28.1 Å². The Morgan fingerprint density at radius 3 is 2.42 bits per heavy atom. The maximum atomic E-state index is 12.1. The van der Waals surface area contributed by atoms with Gasteiger partial charge >= 0.3 is 0 Å². The van der Waals surface area contributed by atoms with Crippen LogP contribution < -0.4 is 20.9 Å². The maximum Gasteiger partial charge on any atom is 0.276 e. The predicted octanol–water partition coefficient (Wildman–Crippen LogP) is 2.78. The molecule has 0 unspecified atom stereocenters. The lowest BCUT2D eigenvalue weighted by Gasteiger charge is -2.12. The zero-order valence-electron chi connectivity index (χ0n) is 14.3. The number of aryl methyl sites for hydroxylation is 2. The summed E-state index contributed by atoms with van der Waals surface area (Å²) in [4.78, 5) is 23.9. The molecular weight excluding hydrogens is 418 g/mol. The van der Waals surface area contributed by atoms with E-state index in [1.807, 2.05) is 32.0 Å². The number of hydrogen-bond donors (Lipinski definition) is 3. The van der Waals surface area contributed by atoms with Crippen molar-refractivity contribution in [3.8, 4) is 5.75 Å². The summed E-state index contributed by atoms with van der Waals surface area (Å²) in [6.07, 6.45) is 0. The van der Waals surface area contributed by atoms with Gasteiger partial charge in [0.05, 0.1) is 0 Å². The highest BCUT2D eigenvalue weighted by Crippen LogP contribution is 2.17. The molecule has 0 aliphatic rings. The third-order valence-corrected chi connectivity index (χ3v) is 4.43. The van der Waals surface area contributed by atoms with Crippen molar-refractivity contribution in [1.29, 1.82) is 0 Å². The summed E-state index contributed by atoms with van der Waals surface area (Å²) in [5, 5.41) is 2.47. The van der Waals surface area contributed by atoms with Crippen molar-refractivity contribution in [2.75, 3.05) is 6.61 Å². The van der Waals surface area contributed by atoms with Gasteiger partial charge in [0.25, 0.3) is 11.8 Å². The average Bonchev–Trinajstić information content (AvgIpc) is 2.61. The van der Waals surface area contributed by atoms with Crippen LogP contribution in [0.15, 0.2) is 46.9 Å². The molecule has 0 saturated heterocycles. The highest BCUT2D eigenvalue weighted by molar-refractivity contribution is 9.10. The van der Waals surface area contributed by atoms with Crippen molar-refractivity contribution >= 4 is 45.1 Å². The smallest absolute Gasteiger partial charge is 0.276 e. The fraction of sp³-hybridized carbons (Fsp3) is 0.167. The summed E-state index contributed by atoms with van der Waals surface area (Å²) in [5.74, 6) is -0.222. The monoisotopic (exact) mass is 435 g/mol. The molecule has 6 nitrogen and oxygen atoms in total. The van der Waals surface area contributed by atoms with Crippen LogP contribution in [0.1, 0.15) is 21.5 Å². The van der Waals surface area contributed by atoms with Crippen molar-refractivity contribution in [3.63, 3.8) is 0 Å². The number of hydrogen-bond acceptors (Lipinski definition) is 4. The number of hydrazine groups is 1. The highest BCUT2D eigenvalue weighted by Gasteiger charge is 2.10. The van der Waals surface area contributed by atoms with E-state index < -0.39 is 5.91 Å². The maximum absolute atomic E-state index is 12.1. The molecule has 8 heteroatoms. The third-order valence-electron chi connectivity index (χ3n) is 3.37. The first-order valence-electron chi connectivity index (χ1n) is 7.71. The molecule has 0 aromatic heterocycles. The number of amides is 2. The van der Waals surface area contributed by atoms with Gasteiger partial charge in [-0.25, -0.2) is 0 Å². The second kappa shape index (κ2) is 9.30. The van der Waals surface area contributed by atoms with Gasteiger partial charge in [-0.05, 0) is 55.9 Å². The van der Waals surface area contributed by atoms with Crippen LogP contribution in [0.3, 0.4) is 0 Å². The molecule has 0 atom stereocenters. The van der Waals surface area contributed by atoms with E-state index in [0.29, 0.717) is 11.3 Å². The standard InChI is InChI=1S/C18H18BrN3O3S/c1-11-3-7-14(8-4-11)25-10-16(23)21-22-18(26)20-17(24)13-6-5-12(2)15(19)9-13/h3-9H,10H2,1-2H3,(H,21,23)(H2,20,22,24,26). The molecule has 3 N–H and O–H groups in total. The topological polar surface area (TPSA) is 79.5 Å². The minimum Gasteiger partial charge on any atom is -0.484 e. The quantitative estimate of drug-likeness (QED) is 0.508. The van der Waals surface area contributed by atoms with Gasteiger partial charge in [-0.2, -0.15) is 0 Å². The minimum atomic E-state index is -0.430. The van der Waals surface area contributed by atoms with Crippen LogP contribution in [0.2, 0.25) is 0 Å². The average molecular weight is 436 g/mol. The molecule has 0 bridgehead atoms. The van der Waals surface area contributed by atoms with Gasteiger partial charge in [0.2, 0.25) is 0 Å². The SMILES string of the molecule is Cc1ccc(OCC(=O)NNC(=S)NC(=O)c2ccc(C)c(Br)c2)cc1. The van der Waals surface area contributed by atoms with Gasteiger partial charge in [-0.1, -0.05) is 39.7 Å². The van der Waals surface area contributed by atoms with E-state index in [0.717, 1.165) is 15.6 Å². The normalized spacial score (nSPS) is 9.96. The Kier molecular flexibility index (Phi) is 7.11. The van der Waals surface area contributed by atoms with Crippen LogP contribution in [0.5, 0.6) is 5.75 Å². The Labute approximate surface area is 165 Å². The van der Waals surface area contributed by atoms with E-state index in [4.69, 9.17) is 17.0 Å². The number of halogens is 1. The summed E-state index contributed by atoms with van der Waals surface area (Å²) in [7, 11) is 0. The summed E-state index contributed by atoms with van der Waals surface area (Å²) in [5.41, 5.74) is 7.39. The highest BCUT2D eigenvalue weighted by atomic mass is 79.9.